The highest BCUT2D eigenvalue weighted by Gasteiger charge is 2.28. The van der Waals surface area contributed by atoms with Gasteiger partial charge in [0.1, 0.15) is 12.6 Å². The first kappa shape index (κ1) is 38.7. The van der Waals surface area contributed by atoms with Crippen LogP contribution in [-0.2, 0) is 37.5 Å². The molecule has 0 aromatic carbocycles. The van der Waals surface area contributed by atoms with E-state index in [-0.39, 0.29) is 19.4 Å². The largest absolute Gasteiger partial charge is 0.480 e. The summed E-state index contributed by atoms with van der Waals surface area (Å²) in [5.41, 5.74) is 5.23. The van der Waals surface area contributed by atoms with Gasteiger partial charge in [0.2, 0.25) is 0 Å². The lowest BCUT2D eigenvalue weighted by Gasteiger charge is -2.20. The van der Waals surface area contributed by atoms with Crippen LogP contribution >= 0.6 is 7.82 Å². The van der Waals surface area contributed by atoms with Gasteiger partial charge in [-0.25, -0.2) is 4.57 Å². The lowest BCUT2D eigenvalue weighted by molar-refractivity contribution is -0.161. The number of carboxylic acid groups (broad SMARTS) is 1. The van der Waals surface area contributed by atoms with Crippen molar-refractivity contribution in [2.75, 3.05) is 19.8 Å². The van der Waals surface area contributed by atoms with E-state index in [2.05, 4.69) is 47.9 Å². The van der Waals surface area contributed by atoms with Gasteiger partial charge >= 0.3 is 25.7 Å². The Morgan fingerprint density at radius 1 is 0.780 bits per heavy atom. The van der Waals surface area contributed by atoms with E-state index in [4.69, 9.17) is 24.8 Å². The molecule has 3 atom stereocenters. The summed E-state index contributed by atoms with van der Waals surface area (Å²) in [5.74, 6) is -2.51. The topological polar surface area (TPSA) is 172 Å². The highest BCUT2D eigenvalue weighted by atomic mass is 31.2. The first-order valence-corrected chi connectivity index (χ1v) is 16.0. The molecule has 0 aromatic heterocycles. The molecule has 0 saturated carbocycles. The van der Waals surface area contributed by atoms with Crippen molar-refractivity contribution in [2.45, 2.75) is 109 Å². The fourth-order valence-electron chi connectivity index (χ4n) is 3.35. The maximum atomic E-state index is 12.3. The summed E-state index contributed by atoms with van der Waals surface area (Å²) in [6, 6.07) is -1.52. The molecule has 0 bridgehead atoms. The Labute approximate surface area is 244 Å². The highest BCUT2D eigenvalue weighted by Crippen LogP contribution is 2.43. The fraction of sp³-hybridized carbons (Fsp3) is 0.690. The average Bonchev–Trinajstić information content (AvgIpc) is 2.94. The molecule has 0 spiro atoms. The normalized spacial score (nSPS) is 14.8. The van der Waals surface area contributed by atoms with E-state index in [0.717, 1.165) is 57.8 Å². The van der Waals surface area contributed by atoms with Crippen LogP contribution in [0.25, 0.3) is 0 Å². The predicted molar refractivity (Wildman–Crippen MR) is 157 cm³/mol. The van der Waals surface area contributed by atoms with Crippen LogP contribution in [0.1, 0.15) is 97.3 Å². The Kier molecular flexibility index (Phi) is 24.0. The molecule has 0 fully saturated rings. The minimum Gasteiger partial charge on any atom is -0.480 e. The van der Waals surface area contributed by atoms with E-state index < -0.39 is 51.1 Å². The second-order valence-corrected chi connectivity index (χ2v) is 10.9. The van der Waals surface area contributed by atoms with Gasteiger partial charge in [-0.2, -0.15) is 0 Å². The molecule has 11 nitrogen and oxygen atoms in total. The molecular weight excluding hydrogens is 553 g/mol. The molecule has 0 aliphatic heterocycles. The summed E-state index contributed by atoms with van der Waals surface area (Å²) in [6.07, 6.45) is 23.5. The van der Waals surface area contributed by atoms with Gasteiger partial charge in [0.05, 0.1) is 13.2 Å². The fourth-order valence-corrected chi connectivity index (χ4v) is 4.13. The van der Waals surface area contributed by atoms with Gasteiger partial charge in [-0.15, -0.1) is 0 Å². The van der Waals surface area contributed by atoms with E-state index in [1.165, 1.54) is 6.42 Å². The summed E-state index contributed by atoms with van der Waals surface area (Å²) in [4.78, 5) is 44.2. The van der Waals surface area contributed by atoms with Gasteiger partial charge in [-0.1, -0.05) is 82.4 Å². The third kappa shape index (κ3) is 25.2. The first-order valence-electron chi connectivity index (χ1n) is 14.5. The zero-order valence-corrected chi connectivity index (χ0v) is 25.5. The molecule has 12 heteroatoms. The number of hydrogen-bond acceptors (Lipinski definition) is 9. The van der Waals surface area contributed by atoms with E-state index in [0.29, 0.717) is 6.42 Å². The molecule has 0 aliphatic rings. The standard InChI is InChI=1S/C29H50NO10P/c1-3-5-6-7-8-9-10-11-12-13-14-15-16-17-18-19-20-21-28(32)40-25(22-37-27(31)4-2)23-38-41(35,36)39-24-26(30)29(33)34/h5-6,8-9,11-12,25-26H,3-4,7,10,13-24,30H2,1-2H3,(H,33,34)(H,35,36)/b6-5-,9-8-,12-11-. The molecular formula is C29H50NO10P. The number of carbonyl (C=O) groups excluding carboxylic acids is 2. The molecule has 4 N–H and O–H groups in total. The molecule has 236 valence electrons. The highest BCUT2D eigenvalue weighted by molar-refractivity contribution is 7.47. The van der Waals surface area contributed by atoms with Crippen molar-refractivity contribution in [3.63, 3.8) is 0 Å². The number of ether oxygens (including phenoxy) is 2. The van der Waals surface area contributed by atoms with Gasteiger partial charge in [-0.05, 0) is 38.5 Å². The number of carboxylic acids is 1. The summed E-state index contributed by atoms with van der Waals surface area (Å²) in [6.45, 7) is 2.00. The Hall–Kier alpha value is -2.30. The van der Waals surface area contributed by atoms with Crippen molar-refractivity contribution >= 4 is 25.7 Å². The summed E-state index contributed by atoms with van der Waals surface area (Å²) in [5, 5.41) is 8.73. The second-order valence-electron chi connectivity index (χ2n) is 9.46. The van der Waals surface area contributed by atoms with E-state index in [1.54, 1.807) is 6.92 Å². The second kappa shape index (κ2) is 25.4. The van der Waals surface area contributed by atoms with Crippen LogP contribution in [0, 0.1) is 0 Å². The van der Waals surface area contributed by atoms with Gasteiger partial charge in [0.25, 0.3) is 0 Å². The molecule has 0 saturated heterocycles. The van der Waals surface area contributed by atoms with Crippen molar-refractivity contribution in [3.8, 4) is 0 Å². The molecule has 3 unspecified atom stereocenters. The maximum absolute atomic E-state index is 12.3. The van der Waals surface area contributed by atoms with Gasteiger partial charge < -0.3 is 25.2 Å². The van der Waals surface area contributed by atoms with Gasteiger partial charge in [0, 0.05) is 12.8 Å². The number of phosphoric acid groups is 1. The van der Waals surface area contributed by atoms with Crippen molar-refractivity contribution < 1.29 is 47.5 Å². The monoisotopic (exact) mass is 603 g/mol. The van der Waals surface area contributed by atoms with Crippen LogP contribution in [0.15, 0.2) is 36.5 Å². The Morgan fingerprint density at radius 3 is 1.95 bits per heavy atom. The summed E-state index contributed by atoms with van der Waals surface area (Å²) >= 11 is 0. The van der Waals surface area contributed by atoms with Crippen LogP contribution in [0.2, 0.25) is 0 Å². The number of aliphatic carboxylic acids is 1. The number of carbonyl (C=O) groups is 3. The Morgan fingerprint density at radius 2 is 1.34 bits per heavy atom. The lowest BCUT2D eigenvalue weighted by Crippen LogP contribution is -2.34. The number of unbranched alkanes of at least 4 members (excludes halogenated alkanes) is 7. The minimum atomic E-state index is -4.68. The van der Waals surface area contributed by atoms with Gasteiger partial charge in [-0.3, -0.25) is 23.4 Å². The van der Waals surface area contributed by atoms with E-state index in [9.17, 15) is 23.8 Å². The Bertz CT molecular complexity index is 859. The maximum Gasteiger partial charge on any atom is 0.472 e. The Balaban J connectivity index is 4.14. The molecule has 41 heavy (non-hydrogen) atoms. The number of nitrogens with two attached hydrogens (primary N) is 1. The summed E-state index contributed by atoms with van der Waals surface area (Å²) in [7, 11) is -4.68. The van der Waals surface area contributed by atoms with Crippen molar-refractivity contribution in [3.05, 3.63) is 36.5 Å². The summed E-state index contributed by atoms with van der Waals surface area (Å²) < 4.78 is 31.6. The van der Waals surface area contributed by atoms with Crippen LogP contribution < -0.4 is 5.73 Å². The van der Waals surface area contributed by atoms with Crippen molar-refractivity contribution in [2.24, 2.45) is 5.73 Å². The molecule has 0 rings (SSSR count). The van der Waals surface area contributed by atoms with E-state index in [1.807, 2.05) is 0 Å². The van der Waals surface area contributed by atoms with Crippen LogP contribution in [0.5, 0.6) is 0 Å². The van der Waals surface area contributed by atoms with E-state index >= 15 is 0 Å². The number of rotatable bonds is 26. The SMILES string of the molecule is CC/C=C\C/C=C\C/C=C\CCCCCCCCCC(=O)OC(COC(=O)CC)COP(=O)(O)OCC(N)C(=O)O. The average molecular weight is 604 g/mol. The molecule has 0 radical (unpaired) electrons. The molecule has 0 amide bonds. The van der Waals surface area contributed by atoms with Crippen LogP contribution in [-0.4, -0.2) is 59.9 Å². The molecule has 0 aliphatic carbocycles. The number of allylic oxidation sites excluding steroid dienone is 6. The predicted octanol–water partition coefficient (Wildman–Crippen LogP) is 5.77. The zero-order chi connectivity index (χ0) is 30.8. The third-order valence-electron chi connectivity index (χ3n) is 5.71. The lowest BCUT2D eigenvalue weighted by atomic mass is 10.1. The zero-order valence-electron chi connectivity index (χ0n) is 24.6. The smallest absolute Gasteiger partial charge is 0.472 e. The van der Waals surface area contributed by atoms with Crippen molar-refractivity contribution in [1.82, 2.24) is 0 Å². The number of phosphoric ester groups is 1. The quantitative estimate of drug-likeness (QED) is 0.0474. The number of hydrogen-bond donors (Lipinski definition) is 3. The van der Waals surface area contributed by atoms with Crippen molar-refractivity contribution in [1.29, 1.82) is 0 Å². The minimum absolute atomic E-state index is 0.0991. The van der Waals surface area contributed by atoms with Crippen LogP contribution in [0.3, 0.4) is 0 Å². The van der Waals surface area contributed by atoms with Gasteiger partial charge in [0.15, 0.2) is 6.10 Å². The molecule has 0 heterocycles. The molecule has 0 aromatic rings. The third-order valence-corrected chi connectivity index (χ3v) is 6.66. The van der Waals surface area contributed by atoms with Crippen LogP contribution in [0.4, 0.5) is 0 Å². The number of esters is 2. The first-order chi connectivity index (χ1) is 19.6.